The van der Waals surface area contributed by atoms with Crippen molar-refractivity contribution in [2.45, 2.75) is 45.1 Å². The minimum absolute atomic E-state index is 0.175. The fraction of sp³-hybridized carbons (Fsp3) is 0.571. The quantitative estimate of drug-likeness (QED) is 0.783. The molecule has 0 radical (unpaired) electrons. The molecule has 1 unspecified atom stereocenters. The number of aryl methyl sites for hydroxylation is 2. The third-order valence-electron chi connectivity index (χ3n) is 2.96. The van der Waals surface area contributed by atoms with Crippen molar-refractivity contribution in [2.75, 3.05) is 5.33 Å². The van der Waals surface area contributed by atoms with E-state index < -0.39 is 15.8 Å². The van der Waals surface area contributed by atoms with Crippen molar-refractivity contribution in [3.8, 4) is 0 Å². The highest BCUT2D eigenvalue weighted by molar-refractivity contribution is 9.09. The molecule has 6 heteroatoms. The van der Waals surface area contributed by atoms with Crippen molar-refractivity contribution in [1.29, 1.82) is 0 Å². The normalized spacial score (nSPS) is 13.8. The molecule has 1 N–H and O–H groups in total. The fourth-order valence-corrected chi connectivity index (χ4v) is 4.65. The molecule has 0 saturated heterocycles. The van der Waals surface area contributed by atoms with Crippen molar-refractivity contribution in [1.82, 2.24) is 4.72 Å². The Morgan fingerprint density at radius 1 is 1.25 bits per heavy atom. The summed E-state index contributed by atoms with van der Waals surface area (Å²) in [4.78, 5) is 0.175. The first-order valence-electron chi connectivity index (χ1n) is 6.52. The van der Waals surface area contributed by atoms with E-state index in [0.717, 1.165) is 6.42 Å². The molecule has 1 atom stereocenters. The molecule has 1 aromatic carbocycles. The first kappa shape index (κ1) is 17.6. The van der Waals surface area contributed by atoms with Gasteiger partial charge in [0.1, 0.15) is 5.82 Å². The van der Waals surface area contributed by atoms with Crippen molar-refractivity contribution in [2.24, 2.45) is 5.92 Å². The van der Waals surface area contributed by atoms with Gasteiger partial charge in [0, 0.05) is 11.4 Å². The van der Waals surface area contributed by atoms with Gasteiger partial charge in [0.05, 0.1) is 4.90 Å². The van der Waals surface area contributed by atoms with Gasteiger partial charge in [-0.05, 0) is 49.4 Å². The van der Waals surface area contributed by atoms with Crippen molar-refractivity contribution < 1.29 is 12.8 Å². The predicted molar refractivity (Wildman–Crippen MR) is 83.2 cm³/mol. The van der Waals surface area contributed by atoms with Gasteiger partial charge < -0.3 is 0 Å². The molecule has 1 rings (SSSR count). The van der Waals surface area contributed by atoms with E-state index in [1.165, 1.54) is 12.1 Å². The van der Waals surface area contributed by atoms with Crippen LogP contribution < -0.4 is 4.72 Å². The number of sulfonamides is 1. The van der Waals surface area contributed by atoms with Crippen molar-refractivity contribution in [3.63, 3.8) is 0 Å². The van der Waals surface area contributed by atoms with E-state index in [2.05, 4.69) is 20.7 Å². The molecule has 0 aliphatic rings. The van der Waals surface area contributed by atoms with Crippen molar-refractivity contribution >= 4 is 26.0 Å². The molecule has 0 bridgehead atoms. The Bertz CT molecular complexity index is 550. The summed E-state index contributed by atoms with van der Waals surface area (Å²) in [7, 11) is -3.64. The van der Waals surface area contributed by atoms with Crippen LogP contribution in [0.25, 0.3) is 0 Å². The second-order valence-corrected chi connectivity index (χ2v) is 7.77. The maximum absolute atomic E-state index is 13.3. The molecular formula is C14H21BrFNO2S. The van der Waals surface area contributed by atoms with Crippen LogP contribution in [-0.2, 0) is 10.0 Å². The Hall–Kier alpha value is -0.460. The molecule has 0 heterocycles. The maximum Gasteiger partial charge on any atom is 0.241 e. The number of benzene rings is 1. The van der Waals surface area contributed by atoms with Gasteiger partial charge in [-0.3, -0.25) is 0 Å². The lowest BCUT2D eigenvalue weighted by Gasteiger charge is -2.20. The minimum Gasteiger partial charge on any atom is -0.207 e. The molecule has 0 spiro atoms. The second-order valence-electron chi connectivity index (χ2n) is 5.47. The largest absolute Gasteiger partial charge is 0.241 e. The van der Waals surface area contributed by atoms with Crippen LogP contribution in [0.15, 0.2) is 17.0 Å². The van der Waals surface area contributed by atoms with Crippen LogP contribution in [0.1, 0.15) is 31.4 Å². The van der Waals surface area contributed by atoms with Crippen LogP contribution in [0.4, 0.5) is 4.39 Å². The SMILES string of the molecule is Cc1cc(F)cc(C)c1S(=O)(=O)NC(CBr)CC(C)C. The van der Waals surface area contributed by atoms with Gasteiger partial charge in [0.2, 0.25) is 10.0 Å². The van der Waals surface area contributed by atoms with Crippen LogP contribution in [-0.4, -0.2) is 19.8 Å². The lowest BCUT2D eigenvalue weighted by molar-refractivity contribution is 0.487. The highest BCUT2D eigenvalue weighted by atomic mass is 79.9. The van der Waals surface area contributed by atoms with Crippen molar-refractivity contribution in [3.05, 3.63) is 29.1 Å². The topological polar surface area (TPSA) is 46.2 Å². The summed E-state index contributed by atoms with van der Waals surface area (Å²) in [6.07, 6.45) is 0.740. The minimum atomic E-state index is -3.64. The van der Waals surface area contributed by atoms with Crippen LogP contribution in [0.3, 0.4) is 0 Å². The van der Waals surface area contributed by atoms with Gasteiger partial charge in [-0.15, -0.1) is 0 Å². The van der Waals surface area contributed by atoms with E-state index in [0.29, 0.717) is 22.4 Å². The number of hydrogen-bond acceptors (Lipinski definition) is 2. The van der Waals surface area contributed by atoms with E-state index in [-0.39, 0.29) is 10.9 Å². The molecule has 1 aromatic rings. The Morgan fingerprint density at radius 3 is 2.15 bits per heavy atom. The number of rotatable bonds is 6. The van der Waals surface area contributed by atoms with E-state index in [1.807, 2.05) is 13.8 Å². The molecule has 114 valence electrons. The van der Waals surface area contributed by atoms with E-state index in [9.17, 15) is 12.8 Å². The zero-order chi connectivity index (χ0) is 15.5. The lowest BCUT2D eigenvalue weighted by atomic mass is 10.1. The van der Waals surface area contributed by atoms with Crippen LogP contribution in [0.2, 0.25) is 0 Å². The number of hydrogen-bond donors (Lipinski definition) is 1. The number of halogens is 2. The average Bonchev–Trinajstić information content (AvgIpc) is 2.24. The summed E-state index contributed by atoms with van der Waals surface area (Å²) in [5.74, 6) is -0.0335. The molecule has 0 saturated carbocycles. The van der Waals surface area contributed by atoms with Crippen LogP contribution in [0.5, 0.6) is 0 Å². The molecule has 0 aromatic heterocycles. The van der Waals surface area contributed by atoms with Gasteiger partial charge in [0.15, 0.2) is 0 Å². The Kier molecular flexibility index (Phi) is 6.16. The summed E-state index contributed by atoms with van der Waals surface area (Å²) in [6, 6.07) is 2.31. The summed E-state index contributed by atoms with van der Waals surface area (Å²) in [5.41, 5.74) is 0.848. The molecule has 0 fully saturated rings. The zero-order valence-electron chi connectivity index (χ0n) is 12.2. The summed E-state index contributed by atoms with van der Waals surface area (Å²) >= 11 is 3.33. The summed E-state index contributed by atoms with van der Waals surface area (Å²) in [6.45, 7) is 7.29. The van der Waals surface area contributed by atoms with E-state index in [1.54, 1.807) is 13.8 Å². The highest BCUT2D eigenvalue weighted by Gasteiger charge is 2.24. The summed E-state index contributed by atoms with van der Waals surface area (Å²) < 4.78 is 40.9. The molecule has 20 heavy (non-hydrogen) atoms. The maximum atomic E-state index is 13.3. The zero-order valence-corrected chi connectivity index (χ0v) is 14.6. The molecule has 0 amide bonds. The Labute approximate surface area is 129 Å². The van der Waals surface area contributed by atoms with Crippen LogP contribution >= 0.6 is 15.9 Å². The van der Waals surface area contributed by atoms with E-state index in [4.69, 9.17) is 0 Å². The summed E-state index contributed by atoms with van der Waals surface area (Å²) in [5, 5.41) is 0.545. The van der Waals surface area contributed by atoms with Gasteiger partial charge in [0.25, 0.3) is 0 Å². The average molecular weight is 366 g/mol. The lowest BCUT2D eigenvalue weighted by Crippen LogP contribution is -2.37. The standard InChI is InChI=1S/C14H21BrFNO2S/c1-9(2)5-13(8-15)17-20(18,19)14-10(3)6-12(16)7-11(14)4/h6-7,9,13,17H,5,8H2,1-4H3. The number of nitrogens with one attached hydrogen (secondary N) is 1. The predicted octanol–water partition coefficient (Wildman–Crippen LogP) is 3.53. The molecular weight excluding hydrogens is 345 g/mol. The van der Waals surface area contributed by atoms with Gasteiger partial charge >= 0.3 is 0 Å². The highest BCUT2D eigenvalue weighted by Crippen LogP contribution is 2.22. The Morgan fingerprint density at radius 2 is 1.75 bits per heavy atom. The Balaban J connectivity index is 3.11. The third-order valence-corrected chi connectivity index (χ3v) is 5.56. The number of alkyl halides is 1. The van der Waals surface area contributed by atoms with Gasteiger partial charge in [-0.1, -0.05) is 29.8 Å². The van der Waals surface area contributed by atoms with E-state index >= 15 is 0 Å². The molecule has 0 aliphatic carbocycles. The monoisotopic (exact) mass is 365 g/mol. The first-order valence-corrected chi connectivity index (χ1v) is 9.13. The fourth-order valence-electron chi connectivity index (χ4n) is 2.31. The second kappa shape index (κ2) is 7.00. The van der Waals surface area contributed by atoms with Crippen LogP contribution in [0, 0.1) is 25.6 Å². The van der Waals surface area contributed by atoms with Gasteiger partial charge in [-0.2, -0.15) is 0 Å². The smallest absolute Gasteiger partial charge is 0.207 e. The van der Waals surface area contributed by atoms with Gasteiger partial charge in [-0.25, -0.2) is 17.5 Å². The molecule has 3 nitrogen and oxygen atoms in total. The third kappa shape index (κ3) is 4.53. The first-order chi connectivity index (χ1) is 9.17. The molecule has 0 aliphatic heterocycles.